The van der Waals surface area contributed by atoms with E-state index in [1.165, 1.54) is 36.9 Å². The van der Waals surface area contributed by atoms with Gasteiger partial charge in [-0.05, 0) is 66.8 Å². The van der Waals surface area contributed by atoms with Gasteiger partial charge in [-0.1, -0.05) is 85.5 Å². The van der Waals surface area contributed by atoms with Crippen molar-refractivity contribution in [1.82, 2.24) is 0 Å². The van der Waals surface area contributed by atoms with Crippen molar-refractivity contribution in [1.29, 1.82) is 0 Å². The predicted octanol–water partition coefficient (Wildman–Crippen LogP) is 11.2. The summed E-state index contributed by atoms with van der Waals surface area (Å²) in [5.41, 5.74) is 7.55. The first-order valence-corrected chi connectivity index (χ1v) is 14.0. The van der Waals surface area contributed by atoms with Crippen molar-refractivity contribution in [3.8, 4) is 0 Å². The normalized spacial score (nSPS) is 11.8. The highest BCUT2D eigenvalue weighted by atomic mass is 32.1. The fraction of sp³-hybridized carbons (Fsp3) is 0.0556. The maximum absolute atomic E-state index is 6.55. The molecule has 0 radical (unpaired) electrons. The van der Waals surface area contributed by atoms with Crippen molar-refractivity contribution < 1.29 is 4.42 Å². The van der Waals surface area contributed by atoms with E-state index in [2.05, 4.69) is 116 Å². The second-order valence-corrected chi connectivity index (χ2v) is 11.0. The number of anilines is 3. The second kappa shape index (κ2) is 9.30. The van der Waals surface area contributed by atoms with E-state index in [0.29, 0.717) is 0 Å². The van der Waals surface area contributed by atoms with Crippen LogP contribution >= 0.6 is 11.3 Å². The molecule has 0 saturated carbocycles. The van der Waals surface area contributed by atoms with Crippen LogP contribution in [-0.4, -0.2) is 0 Å². The van der Waals surface area contributed by atoms with Crippen LogP contribution in [0.1, 0.15) is 16.0 Å². The number of para-hydroxylation sites is 2. The number of hydrogen-bond acceptors (Lipinski definition) is 3. The lowest BCUT2D eigenvalue weighted by molar-refractivity contribution is 0.669. The fourth-order valence-corrected chi connectivity index (χ4v) is 6.86. The number of fused-ring (bicyclic) bond motifs is 6. The van der Waals surface area contributed by atoms with Crippen LogP contribution < -0.4 is 4.90 Å². The van der Waals surface area contributed by atoms with E-state index in [1.54, 1.807) is 0 Å². The van der Waals surface area contributed by atoms with E-state index in [4.69, 9.17) is 4.42 Å². The molecule has 0 N–H and O–H groups in total. The molecule has 0 amide bonds. The summed E-state index contributed by atoms with van der Waals surface area (Å²) in [7, 11) is 0. The Balaban J connectivity index is 1.60. The molecule has 5 aromatic carbocycles. The number of thiophene rings is 1. The Bertz CT molecular complexity index is 2070. The van der Waals surface area contributed by atoms with Gasteiger partial charge >= 0.3 is 0 Å². The molecule has 7 rings (SSSR count). The van der Waals surface area contributed by atoms with Crippen LogP contribution in [0.5, 0.6) is 0 Å². The number of allylic oxidation sites excluding steroid dienone is 2. The van der Waals surface area contributed by atoms with Crippen LogP contribution in [0.3, 0.4) is 0 Å². The molecule has 3 heteroatoms. The summed E-state index contributed by atoms with van der Waals surface area (Å²) in [6.45, 7) is 8.23. The van der Waals surface area contributed by atoms with Crippen LogP contribution in [0.2, 0.25) is 0 Å². The number of hydrogen-bond donors (Lipinski definition) is 0. The molecule has 0 aliphatic heterocycles. The largest absolute Gasteiger partial charge is 0.454 e. The van der Waals surface area contributed by atoms with Gasteiger partial charge in [-0.25, -0.2) is 0 Å². The molecular weight excluding hydrogens is 494 g/mol. The molecule has 0 saturated heterocycles. The number of furan rings is 1. The van der Waals surface area contributed by atoms with E-state index < -0.39 is 0 Å². The molecular formula is C36H27NOS. The van der Waals surface area contributed by atoms with E-state index in [-0.39, 0.29) is 0 Å². The van der Waals surface area contributed by atoms with Gasteiger partial charge in [0.2, 0.25) is 0 Å². The topological polar surface area (TPSA) is 16.4 Å². The van der Waals surface area contributed by atoms with Gasteiger partial charge in [0.05, 0.1) is 11.4 Å². The van der Waals surface area contributed by atoms with Crippen molar-refractivity contribution in [3.05, 3.63) is 132 Å². The van der Waals surface area contributed by atoms with Gasteiger partial charge in [0.25, 0.3) is 0 Å². The number of nitrogens with zero attached hydrogens (tertiary/aromatic N) is 1. The molecule has 0 spiro atoms. The van der Waals surface area contributed by atoms with Gasteiger partial charge in [-0.15, -0.1) is 11.3 Å². The monoisotopic (exact) mass is 521 g/mol. The van der Waals surface area contributed by atoms with Crippen molar-refractivity contribution in [3.63, 3.8) is 0 Å². The van der Waals surface area contributed by atoms with Crippen LogP contribution in [0.25, 0.3) is 48.9 Å². The highest BCUT2D eigenvalue weighted by molar-refractivity contribution is 7.21. The molecule has 0 aliphatic rings. The lowest BCUT2D eigenvalue weighted by Gasteiger charge is -2.27. The average molecular weight is 522 g/mol. The predicted molar refractivity (Wildman–Crippen MR) is 170 cm³/mol. The fourth-order valence-electron chi connectivity index (χ4n) is 5.62. The highest BCUT2D eigenvalue weighted by Gasteiger charge is 2.23. The Kier molecular flexibility index (Phi) is 5.61. The molecule has 2 aromatic heterocycles. The molecule has 0 aliphatic carbocycles. The summed E-state index contributed by atoms with van der Waals surface area (Å²) in [4.78, 5) is 3.63. The maximum Gasteiger partial charge on any atom is 0.159 e. The van der Waals surface area contributed by atoms with Crippen molar-refractivity contribution in [2.24, 2.45) is 0 Å². The van der Waals surface area contributed by atoms with Crippen molar-refractivity contribution in [2.45, 2.75) is 13.8 Å². The Hall–Kier alpha value is -4.60. The lowest BCUT2D eigenvalue weighted by Crippen LogP contribution is -2.11. The standard InChI is InChI=1S/C36H27NOS/c1-4-5-20-34-24(3)30-22-32(26-14-6-7-16-29(26)36(30)39-34)37(25-13-10-12-23(2)21-25)31-18-11-17-28-27-15-8-9-19-33(27)38-35(28)31/h4-22H,1H2,2-3H3/b20-5-. The molecule has 2 nitrogen and oxygen atoms in total. The van der Waals surface area contributed by atoms with E-state index in [0.717, 1.165) is 39.0 Å². The van der Waals surface area contributed by atoms with Gasteiger partial charge in [-0.3, -0.25) is 0 Å². The summed E-state index contributed by atoms with van der Waals surface area (Å²) in [6.07, 6.45) is 6.01. The van der Waals surface area contributed by atoms with Crippen LogP contribution in [0.4, 0.5) is 17.1 Å². The SMILES string of the molecule is C=C/C=C\c1sc2c(cc(N(c3cccc(C)c3)c3cccc4c3oc3ccccc34)c3ccccc32)c1C. The van der Waals surface area contributed by atoms with Crippen molar-refractivity contribution >= 4 is 77.3 Å². The number of benzene rings is 5. The van der Waals surface area contributed by atoms with E-state index in [1.807, 2.05) is 35.6 Å². The molecule has 0 fully saturated rings. The summed E-state index contributed by atoms with van der Waals surface area (Å²) in [5.74, 6) is 0. The van der Waals surface area contributed by atoms with Gasteiger partial charge in [-0.2, -0.15) is 0 Å². The molecule has 188 valence electrons. The quantitative estimate of drug-likeness (QED) is 0.209. The second-order valence-electron chi connectivity index (χ2n) is 9.93. The molecule has 0 unspecified atom stereocenters. The Morgan fingerprint density at radius 3 is 2.28 bits per heavy atom. The molecule has 7 aromatic rings. The third-order valence-electron chi connectivity index (χ3n) is 7.47. The lowest BCUT2D eigenvalue weighted by atomic mass is 10.0. The Morgan fingerprint density at radius 1 is 0.718 bits per heavy atom. The average Bonchev–Trinajstić information content (AvgIpc) is 3.50. The summed E-state index contributed by atoms with van der Waals surface area (Å²) in [5, 5.41) is 5.98. The third-order valence-corrected chi connectivity index (χ3v) is 8.77. The molecule has 39 heavy (non-hydrogen) atoms. The van der Waals surface area contributed by atoms with Gasteiger partial charge < -0.3 is 9.32 Å². The van der Waals surface area contributed by atoms with Gasteiger partial charge in [0.1, 0.15) is 5.58 Å². The van der Waals surface area contributed by atoms with Crippen LogP contribution in [-0.2, 0) is 0 Å². The minimum Gasteiger partial charge on any atom is -0.454 e. The number of rotatable bonds is 5. The molecule has 2 heterocycles. The van der Waals surface area contributed by atoms with Crippen molar-refractivity contribution in [2.75, 3.05) is 4.90 Å². The van der Waals surface area contributed by atoms with Crippen LogP contribution in [0, 0.1) is 13.8 Å². The zero-order valence-electron chi connectivity index (χ0n) is 21.9. The third kappa shape index (κ3) is 3.77. The highest BCUT2D eigenvalue weighted by Crippen LogP contribution is 2.48. The smallest absolute Gasteiger partial charge is 0.159 e. The minimum atomic E-state index is 0.890. The number of aryl methyl sites for hydroxylation is 2. The molecule has 0 atom stereocenters. The minimum absolute atomic E-state index is 0.890. The van der Waals surface area contributed by atoms with E-state index >= 15 is 0 Å². The summed E-state index contributed by atoms with van der Waals surface area (Å²) in [6, 6.07) is 34.6. The first-order chi connectivity index (χ1) is 19.1. The summed E-state index contributed by atoms with van der Waals surface area (Å²) >= 11 is 1.84. The zero-order valence-corrected chi connectivity index (χ0v) is 22.8. The first kappa shape index (κ1) is 23.5. The molecule has 0 bridgehead atoms. The first-order valence-electron chi connectivity index (χ1n) is 13.1. The van der Waals surface area contributed by atoms with Gasteiger partial charge in [0.15, 0.2) is 5.58 Å². The maximum atomic E-state index is 6.55. The van der Waals surface area contributed by atoms with E-state index in [9.17, 15) is 0 Å². The van der Waals surface area contributed by atoms with Gasteiger partial charge in [0, 0.05) is 36.8 Å². The Labute approximate surface area is 231 Å². The van der Waals surface area contributed by atoms with Crippen LogP contribution in [0.15, 0.2) is 120 Å². The zero-order chi connectivity index (χ0) is 26.5. The summed E-state index contributed by atoms with van der Waals surface area (Å²) < 4.78 is 7.86. The Morgan fingerprint density at radius 2 is 1.46 bits per heavy atom.